The highest BCUT2D eigenvalue weighted by Crippen LogP contribution is 1.70. The van der Waals surface area contributed by atoms with Crippen molar-refractivity contribution in [2.75, 3.05) is 32.7 Å². The van der Waals surface area contributed by atoms with Crippen LogP contribution in [0.3, 0.4) is 0 Å². The van der Waals surface area contributed by atoms with Gasteiger partial charge < -0.3 is 49.4 Å². The molecule has 0 bridgehead atoms. The van der Waals surface area contributed by atoms with E-state index < -0.39 is 56.1 Å². The number of carboxylic acids is 4. The quantitative estimate of drug-likeness (QED) is 0.379. The zero-order chi connectivity index (χ0) is 16.6. The molecule has 0 spiro atoms. The topological polar surface area (TPSA) is 169 Å². The largest absolute Gasteiger partial charge is 0.544 e. The Hall–Kier alpha value is -2.20. The Labute approximate surface area is 120 Å². The summed E-state index contributed by atoms with van der Waals surface area (Å²) in [6.07, 6.45) is 0. The minimum Gasteiger partial charge on any atom is -0.544 e. The van der Waals surface area contributed by atoms with Gasteiger partial charge in [-0.3, -0.25) is 0 Å². The van der Waals surface area contributed by atoms with Crippen molar-refractivity contribution in [2.45, 2.75) is 13.0 Å². The number of hydrogen-bond acceptors (Lipinski definition) is 8. The Morgan fingerprint density at radius 2 is 1.10 bits per heavy atom. The standard InChI is InChI=1S/C11H18N2O8/c1-7(13(5-10(18)19)6-11(20)21)2-12(3-8(14)15)4-9(16)17/h7H,2-6H2,1H3,(H,14,15)(H,16,17)(H,18,19)(H,20,21)/p-2/t7-/m0/s1. The molecule has 0 fully saturated rings. The summed E-state index contributed by atoms with van der Waals surface area (Å²) < 4.78 is 0. The molecule has 0 saturated heterocycles. The predicted octanol–water partition coefficient (Wildman–Crippen LogP) is -9.86. The number of carbonyl (C=O) groups is 4. The molecule has 0 aliphatic carbocycles. The Morgan fingerprint density at radius 3 is 1.38 bits per heavy atom. The van der Waals surface area contributed by atoms with Gasteiger partial charge in [-0.15, -0.1) is 0 Å². The van der Waals surface area contributed by atoms with Gasteiger partial charge in [-0.05, 0) is 6.92 Å². The lowest BCUT2D eigenvalue weighted by Crippen LogP contribution is -3.25. The Bertz CT molecular complexity index is 379. The lowest BCUT2D eigenvalue weighted by Gasteiger charge is -2.29. The molecule has 0 heterocycles. The minimum atomic E-state index is -1.49. The molecule has 0 saturated carbocycles. The van der Waals surface area contributed by atoms with Crippen molar-refractivity contribution in [3.8, 4) is 0 Å². The van der Waals surface area contributed by atoms with Crippen molar-refractivity contribution < 1.29 is 49.4 Å². The number of carboxylic acid groups (broad SMARTS) is 4. The van der Waals surface area contributed by atoms with Crippen molar-refractivity contribution >= 4 is 23.9 Å². The van der Waals surface area contributed by atoms with Gasteiger partial charge in [0.1, 0.15) is 38.8 Å². The van der Waals surface area contributed by atoms with Gasteiger partial charge in [0.15, 0.2) is 0 Å². The van der Waals surface area contributed by atoms with E-state index in [1.165, 1.54) is 6.92 Å². The molecule has 0 aliphatic rings. The maximum atomic E-state index is 10.6. The van der Waals surface area contributed by atoms with Crippen LogP contribution in [0.25, 0.3) is 0 Å². The van der Waals surface area contributed by atoms with Gasteiger partial charge in [0.05, 0.1) is 23.9 Å². The van der Waals surface area contributed by atoms with Crippen LogP contribution in [0.4, 0.5) is 0 Å². The summed E-state index contributed by atoms with van der Waals surface area (Å²) in [4.78, 5) is 42.3. The van der Waals surface area contributed by atoms with Crippen LogP contribution in [0, 0.1) is 0 Å². The third-order valence-corrected chi connectivity index (χ3v) is 2.82. The summed E-state index contributed by atoms with van der Waals surface area (Å²) in [5.41, 5.74) is 0. The summed E-state index contributed by atoms with van der Waals surface area (Å²) in [5.74, 6) is -5.95. The predicted molar refractivity (Wildman–Crippen MR) is 55.8 cm³/mol. The molecule has 0 radical (unpaired) electrons. The summed E-state index contributed by atoms with van der Waals surface area (Å²) in [6.45, 7) is -1.13. The van der Waals surface area contributed by atoms with Gasteiger partial charge in [-0.25, -0.2) is 0 Å². The van der Waals surface area contributed by atoms with Gasteiger partial charge in [0, 0.05) is 0 Å². The van der Waals surface area contributed by atoms with Gasteiger partial charge in [0.2, 0.25) is 0 Å². The summed E-state index contributed by atoms with van der Waals surface area (Å²) in [7, 11) is 0. The third-order valence-electron chi connectivity index (χ3n) is 2.82. The fourth-order valence-electron chi connectivity index (χ4n) is 1.97. The average molecular weight is 304 g/mol. The highest BCUT2D eigenvalue weighted by atomic mass is 16.4. The molecule has 1 atom stereocenters. The minimum absolute atomic E-state index is 0.0525. The maximum Gasteiger partial charge on any atom is 0.135 e. The number of aliphatic carboxylic acids is 4. The summed E-state index contributed by atoms with van der Waals surface area (Å²) in [6, 6.07) is -0.658. The van der Waals surface area contributed by atoms with E-state index in [1.807, 2.05) is 0 Å². The van der Waals surface area contributed by atoms with Gasteiger partial charge in [0.25, 0.3) is 0 Å². The first kappa shape index (κ1) is 18.8. The number of quaternary nitrogens is 2. The zero-order valence-corrected chi connectivity index (χ0v) is 11.4. The molecule has 2 N–H and O–H groups in total. The average Bonchev–Trinajstić information content (AvgIpc) is 2.24. The lowest BCUT2D eigenvalue weighted by molar-refractivity contribution is -0.964. The van der Waals surface area contributed by atoms with Crippen LogP contribution in [0.1, 0.15) is 6.92 Å². The van der Waals surface area contributed by atoms with Crippen LogP contribution < -0.4 is 30.2 Å². The monoisotopic (exact) mass is 304 g/mol. The third kappa shape index (κ3) is 9.35. The summed E-state index contributed by atoms with van der Waals surface area (Å²) in [5, 5.41) is 42.2. The number of rotatable bonds is 11. The van der Waals surface area contributed by atoms with Crippen LogP contribution in [-0.4, -0.2) is 62.6 Å². The van der Waals surface area contributed by atoms with Crippen LogP contribution in [0.5, 0.6) is 0 Å². The van der Waals surface area contributed by atoms with Crippen LogP contribution >= 0.6 is 0 Å². The normalized spacial score (nSPS) is 12.3. The van der Waals surface area contributed by atoms with E-state index in [9.17, 15) is 39.6 Å². The second-order valence-corrected chi connectivity index (χ2v) is 4.71. The number of hydrogen-bond donors (Lipinski definition) is 2. The maximum absolute atomic E-state index is 10.6. The first-order chi connectivity index (χ1) is 9.61. The van der Waals surface area contributed by atoms with Crippen molar-refractivity contribution in [2.24, 2.45) is 0 Å². The molecular formula is C11H16N2O8-2. The molecule has 0 aromatic carbocycles. The van der Waals surface area contributed by atoms with E-state index in [4.69, 9.17) is 0 Å². The molecule has 0 unspecified atom stereocenters. The molecular weight excluding hydrogens is 288 g/mol. The first-order valence-corrected chi connectivity index (χ1v) is 6.09. The summed E-state index contributed by atoms with van der Waals surface area (Å²) >= 11 is 0. The molecule has 0 aromatic rings. The Morgan fingerprint density at radius 1 is 0.762 bits per heavy atom. The molecule has 0 aromatic heterocycles. The van der Waals surface area contributed by atoms with Gasteiger partial charge in [-0.2, -0.15) is 0 Å². The molecule has 0 rings (SSSR count). The van der Waals surface area contributed by atoms with Crippen molar-refractivity contribution in [1.29, 1.82) is 0 Å². The molecule has 10 heteroatoms. The van der Waals surface area contributed by atoms with Crippen molar-refractivity contribution in [3.05, 3.63) is 0 Å². The SMILES string of the molecule is C[C@@H](C[NH+](CC(=O)[O-])CC(=O)[O-])[NH+](CC(=O)[O-])CC(=O)[O-]. The van der Waals surface area contributed by atoms with Crippen LogP contribution in [0.2, 0.25) is 0 Å². The van der Waals surface area contributed by atoms with Gasteiger partial charge in [-0.1, -0.05) is 0 Å². The highest BCUT2D eigenvalue weighted by molar-refractivity contribution is 5.68. The van der Waals surface area contributed by atoms with Crippen LogP contribution in [0.15, 0.2) is 0 Å². The number of nitrogens with one attached hydrogen (secondary N) is 2. The molecule has 10 nitrogen and oxygen atoms in total. The zero-order valence-electron chi connectivity index (χ0n) is 11.4. The fourth-order valence-corrected chi connectivity index (χ4v) is 1.97. The highest BCUT2D eigenvalue weighted by Gasteiger charge is 2.23. The van der Waals surface area contributed by atoms with E-state index in [1.54, 1.807) is 0 Å². The van der Waals surface area contributed by atoms with E-state index in [0.717, 1.165) is 0 Å². The lowest BCUT2D eigenvalue weighted by atomic mass is 10.2. The molecule has 21 heavy (non-hydrogen) atoms. The molecule has 0 amide bonds. The first-order valence-electron chi connectivity index (χ1n) is 6.09. The van der Waals surface area contributed by atoms with E-state index in [0.29, 0.717) is 0 Å². The molecule has 120 valence electrons. The van der Waals surface area contributed by atoms with Crippen LogP contribution in [-0.2, 0) is 19.2 Å². The smallest absolute Gasteiger partial charge is 0.135 e. The van der Waals surface area contributed by atoms with Crippen molar-refractivity contribution in [3.63, 3.8) is 0 Å². The molecule has 0 aliphatic heterocycles. The second-order valence-electron chi connectivity index (χ2n) is 4.71. The van der Waals surface area contributed by atoms with E-state index in [2.05, 4.69) is 0 Å². The fraction of sp³-hybridized carbons (Fsp3) is 0.636. The second kappa shape index (κ2) is 8.87. The van der Waals surface area contributed by atoms with Gasteiger partial charge >= 0.3 is 0 Å². The van der Waals surface area contributed by atoms with E-state index in [-0.39, 0.29) is 16.3 Å². The Kier molecular flexibility index (Phi) is 7.94. The van der Waals surface area contributed by atoms with Crippen molar-refractivity contribution in [1.82, 2.24) is 0 Å². The number of carbonyl (C=O) groups excluding carboxylic acids is 4. The Balaban J connectivity index is 4.81. The van der Waals surface area contributed by atoms with E-state index >= 15 is 0 Å².